The maximum atomic E-state index is 12.3. The number of para-hydroxylation sites is 1. The van der Waals surface area contributed by atoms with E-state index in [1.807, 2.05) is 74.4 Å². The number of nitrogens with one attached hydrogen (secondary N) is 2. The second-order valence-electron chi connectivity index (χ2n) is 6.13. The molecule has 0 unspecified atom stereocenters. The molecule has 26 heavy (non-hydrogen) atoms. The van der Waals surface area contributed by atoms with E-state index in [1.54, 1.807) is 0 Å². The Morgan fingerprint density at radius 2 is 1.62 bits per heavy atom. The molecule has 0 aliphatic heterocycles. The molecule has 3 aromatic rings. The van der Waals surface area contributed by atoms with Crippen LogP contribution in [0.3, 0.4) is 0 Å². The lowest BCUT2D eigenvalue weighted by Crippen LogP contribution is -2.13. The van der Waals surface area contributed by atoms with Crippen LogP contribution in [0.25, 0.3) is 0 Å². The third-order valence-corrected chi connectivity index (χ3v) is 3.95. The highest BCUT2D eigenvalue weighted by molar-refractivity contribution is 6.04. The molecule has 0 atom stereocenters. The predicted octanol–water partition coefficient (Wildman–Crippen LogP) is 3.85. The van der Waals surface area contributed by atoms with Crippen molar-refractivity contribution in [3.63, 3.8) is 0 Å². The van der Waals surface area contributed by atoms with E-state index in [2.05, 4.69) is 20.6 Å². The minimum atomic E-state index is -0.245. The second-order valence-corrected chi connectivity index (χ2v) is 6.13. The summed E-state index contributed by atoms with van der Waals surface area (Å²) >= 11 is 0. The van der Waals surface area contributed by atoms with Crippen molar-refractivity contribution in [3.8, 4) is 0 Å². The number of aryl methyl sites for hydroxylation is 1. The van der Waals surface area contributed by atoms with Gasteiger partial charge >= 0.3 is 0 Å². The van der Waals surface area contributed by atoms with Crippen LogP contribution in [0.15, 0.2) is 60.9 Å². The van der Waals surface area contributed by atoms with Gasteiger partial charge in [-0.25, -0.2) is 9.97 Å². The molecule has 3 rings (SSSR count). The van der Waals surface area contributed by atoms with E-state index in [9.17, 15) is 4.79 Å². The number of hydrogen-bond acceptors (Lipinski definition) is 5. The summed E-state index contributed by atoms with van der Waals surface area (Å²) in [5.41, 5.74) is 4.22. The summed E-state index contributed by atoms with van der Waals surface area (Å²) in [5, 5.41) is 5.99. The third-order valence-electron chi connectivity index (χ3n) is 3.95. The van der Waals surface area contributed by atoms with Gasteiger partial charge in [-0.15, -0.1) is 0 Å². The first kappa shape index (κ1) is 17.4. The first-order chi connectivity index (χ1) is 12.5. The topological polar surface area (TPSA) is 70.2 Å². The smallest absolute Gasteiger partial charge is 0.258 e. The largest absolute Gasteiger partial charge is 0.378 e. The molecule has 0 radical (unpaired) electrons. The normalized spacial score (nSPS) is 10.3. The average Bonchev–Trinajstić information content (AvgIpc) is 2.64. The number of anilines is 4. The Kier molecular flexibility index (Phi) is 5.12. The van der Waals surface area contributed by atoms with Crippen molar-refractivity contribution in [1.82, 2.24) is 9.97 Å². The highest BCUT2D eigenvalue weighted by Crippen LogP contribution is 2.18. The van der Waals surface area contributed by atoms with Gasteiger partial charge in [0.1, 0.15) is 0 Å². The summed E-state index contributed by atoms with van der Waals surface area (Å²) in [6.45, 7) is 2.01. The van der Waals surface area contributed by atoms with Crippen molar-refractivity contribution in [2.75, 3.05) is 29.6 Å². The molecular formula is C20H21N5O. The minimum Gasteiger partial charge on any atom is -0.378 e. The maximum absolute atomic E-state index is 12.3. The van der Waals surface area contributed by atoms with Crippen molar-refractivity contribution < 1.29 is 4.79 Å². The van der Waals surface area contributed by atoms with E-state index in [0.717, 1.165) is 22.6 Å². The zero-order chi connectivity index (χ0) is 18.5. The van der Waals surface area contributed by atoms with E-state index in [1.165, 1.54) is 12.4 Å². The van der Waals surface area contributed by atoms with Crippen molar-refractivity contribution in [2.24, 2.45) is 0 Å². The molecule has 1 amide bonds. The summed E-state index contributed by atoms with van der Waals surface area (Å²) in [6, 6.07) is 15.5. The molecule has 132 valence electrons. The summed E-state index contributed by atoms with van der Waals surface area (Å²) in [5.74, 6) is 0.205. The average molecular weight is 347 g/mol. The molecular weight excluding hydrogens is 326 g/mol. The number of rotatable bonds is 5. The molecule has 0 aliphatic rings. The molecule has 0 aliphatic carbocycles. The Labute approximate surface area is 152 Å². The Balaban J connectivity index is 1.66. The zero-order valence-corrected chi connectivity index (χ0v) is 15.0. The van der Waals surface area contributed by atoms with Crippen LogP contribution >= 0.6 is 0 Å². The van der Waals surface area contributed by atoms with Gasteiger partial charge < -0.3 is 15.5 Å². The van der Waals surface area contributed by atoms with Gasteiger partial charge in [-0.3, -0.25) is 4.79 Å². The molecule has 2 aromatic carbocycles. The van der Waals surface area contributed by atoms with Crippen molar-refractivity contribution >= 4 is 28.9 Å². The second kappa shape index (κ2) is 7.65. The minimum absolute atomic E-state index is 0.245. The molecule has 1 aromatic heterocycles. The van der Waals surface area contributed by atoms with E-state index in [-0.39, 0.29) is 5.91 Å². The number of hydrogen-bond donors (Lipinski definition) is 2. The van der Waals surface area contributed by atoms with Gasteiger partial charge in [0.25, 0.3) is 5.91 Å². The highest BCUT2D eigenvalue weighted by Gasteiger charge is 2.08. The van der Waals surface area contributed by atoms with Crippen molar-refractivity contribution in [1.29, 1.82) is 0 Å². The Morgan fingerprint density at radius 1 is 0.962 bits per heavy atom. The van der Waals surface area contributed by atoms with Crippen LogP contribution in [0.2, 0.25) is 0 Å². The number of carbonyl (C=O) groups excluding carboxylic acids is 1. The van der Waals surface area contributed by atoms with Crippen molar-refractivity contribution in [3.05, 3.63) is 72.1 Å². The number of benzene rings is 2. The predicted molar refractivity (Wildman–Crippen MR) is 105 cm³/mol. The Hall–Kier alpha value is -3.41. The maximum Gasteiger partial charge on any atom is 0.258 e. The SMILES string of the molecule is Cc1ccccc1Nc1ncc(C(=O)Nc2ccc(N(C)C)cc2)cn1. The third kappa shape index (κ3) is 4.16. The molecule has 0 saturated carbocycles. The lowest BCUT2D eigenvalue weighted by atomic mass is 10.2. The van der Waals surface area contributed by atoms with Crippen LogP contribution in [0, 0.1) is 6.92 Å². The van der Waals surface area contributed by atoms with Crippen LogP contribution in [0.5, 0.6) is 0 Å². The van der Waals surface area contributed by atoms with E-state index >= 15 is 0 Å². The highest BCUT2D eigenvalue weighted by atomic mass is 16.1. The Morgan fingerprint density at radius 3 is 2.23 bits per heavy atom. The summed E-state index contributed by atoms with van der Waals surface area (Å²) in [7, 11) is 3.94. The number of aromatic nitrogens is 2. The monoisotopic (exact) mass is 347 g/mol. The van der Waals surface area contributed by atoms with Gasteiger partial charge in [0.15, 0.2) is 0 Å². The molecule has 6 heteroatoms. The summed E-state index contributed by atoms with van der Waals surface area (Å²) < 4.78 is 0. The van der Waals surface area contributed by atoms with Crippen LogP contribution < -0.4 is 15.5 Å². The van der Waals surface area contributed by atoms with Crippen molar-refractivity contribution in [2.45, 2.75) is 6.92 Å². The summed E-state index contributed by atoms with van der Waals surface area (Å²) in [4.78, 5) is 22.8. The van der Waals surface area contributed by atoms with E-state index in [4.69, 9.17) is 0 Å². The van der Waals surface area contributed by atoms with Gasteiger partial charge in [0.2, 0.25) is 5.95 Å². The molecule has 1 heterocycles. The van der Waals surface area contributed by atoms with Gasteiger partial charge in [-0.05, 0) is 42.8 Å². The first-order valence-corrected chi connectivity index (χ1v) is 8.26. The molecule has 0 fully saturated rings. The van der Waals surface area contributed by atoms with Gasteiger partial charge in [0.05, 0.1) is 5.56 Å². The molecule has 0 saturated heterocycles. The van der Waals surface area contributed by atoms with Gasteiger partial charge in [-0.2, -0.15) is 0 Å². The van der Waals surface area contributed by atoms with Crippen LogP contribution in [-0.2, 0) is 0 Å². The van der Waals surface area contributed by atoms with Gasteiger partial charge in [0, 0.05) is 43.6 Å². The molecule has 0 bridgehead atoms. The quantitative estimate of drug-likeness (QED) is 0.734. The fraction of sp³-hybridized carbons (Fsp3) is 0.150. The van der Waals surface area contributed by atoms with Crippen LogP contribution in [-0.4, -0.2) is 30.0 Å². The molecule has 0 spiro atoms. The zero-order valence-electron chi connectivity index (χ0n) is 15.0. The lowest BCUT2D eigenvalue weighted by molar-refractivity contribution is 0.102. The van der Waals surface area contributed by atoms with E-state index in [0.29, 0.717) is 11.5 Å². The summed E-state index contributed by atoms with van der Waals surface area (Å²) in [6.07, 6.45) is 3.02. The number of carbonyl (C=O) groups is 1. The Bertz CT molecular complexity index is 889. The number of amides is 1. The fourth-order valence-electron chi connectivity index (χ4n) is 2.39. The van der Waals surface area contributed by atoms with Gasteiger partial charge in [-0.1, -0.05) is 18.2 Å². The molecule has 6 nitrogen and oxygen atoms in total. The lowest BCUT2D eigenvalue weighted by Gasteiger charge is -2.13. The van der Waals surface area contributed by atoms with Crippen LogP contribution in [0.1, 0.15) is 15.9 Å². The molecule has 2 N–H and O–H groups in total. The first-order valence-electron chi connectivity index (χ1n) is 8.26. The van der Waals surface area contributed by atoms with Crippen LogP contribution in [0.4, 0.5) is 23.0 Å². The fourth-order valence-corrected chi connectivity index (χ4v) is 2.39. The van der Waals surface area contributed by atoms with E-state index < -0.39 is 0 Å². The number of nitrogens with zero attached hydrogens (tertiary/aromatic N) is 3. The standard InChI is InChI=1S/C20H21N5O/c1-14-6-4-5-7-18(14)24-20-21-12-15(13-22-20)19(26)23-16-8-10-17(11-9-16)25(2)3/h4-13H,1-3H3,(H,23,26)(H,21,22,24).